The zero-order valence-electron chi connectivity index (χ0n) is 14.1. The first-order valence-electron chi connectivity index (χ1n) is 8.28. The Morgan fingerprint density at radius 3 is 2.75 bits per heavy atom. The molecule has 0 spiro atoms. The molecule has 24 heavy (non-hydrogen) atoms. The molecule has 1 N–H and O–H groups in total. The maximum Gasteiger partial charge on any atom is 0.224 e. The van der Waals surface area contributed by atoms with Crippen molar-refractivity contribution in [2.45, 2.75) is 38.7 Å². The number of carbonyl (C=O) groups excluding carboxylic acids is 1. The molecule has 1 amide bonds. The van der Waals surface area contributed by atoms with Crippen molar-refractivity contribution in [3.05, 3.63) is 64.5 Å². The minimum atomic E-state index is -0.355. The summed E-state index contributed by atoms with van der Waals surface area (Å²) in [6.07, 6.45) is 2.64. The molecule has 0 atom stereocenters. The fourth-order valence-electron chi connectivity index (χ4n) is 2.91. The highest BCUT2D eigenvalue weighted by Gasteiger charge is 2.27. The van der Waals surface area contributed by atoms with Crippen LogP contribution in [-0.4, -0.2) is 13.0 Å². The summed E-state index contributed by atoms with van der Waals surface area (Å²) in [7, 11) is 1.63. The molecular weight excluding hydrogens is 305 g/mol. The van der Waals surface area contributed by atoms with Gasteiger partial charge in [-0.05, 0) is 60.1 Å². The summed E-state index contributed by atoms with van der Waals surface area (Å²) < 4.78 is 19.7. The van der Waals surface area contributed by atoms with Gasteiger partial charge in [0.25, 0.3) is 0 Å². The number of ether oxygens (including phenoxy) is 1. The van der Waals surface area contributed by atoms with Gasteiger partial charge < -0.3 is 10.1 Å². The van der Waals surface area contributed by atoms with Crippen LogP contribution in [-0.2, 0) is 17.8 Å². The molecule has 1 aliphatic carbocycles. The van der Waals surface area contributed by atoms with E-state index in [1.54, 1.807) is 13.1 Å². The predicted molar refractivity (Wildman–Crippen MR) is 91.7 cm³/mol. The van der Waals surface area contributed by atoms with Crippen LogP contribution >= 0.6 is 0 Å². The van der Waals surface area contributed by atoms with E-state index in [9.17, 15) is 9.18 Å². The predicted octanol–water partition coefficient (Wildman–Crippen LogP) is 3.88. The maximum absolute atomic E-state index is 14.0. The molecule has 126 valence electrons. The van der Waals surface area contributed by atoms with Crippen LogP contribution < -0.4 is 10.1 Å². The van der Waals surface area contributed by atoms with Gasteiger partial charge in [0, 0.05) is 7.05 Å². The summed E-state index contributed by atoms with van der Waals surface area (Å²) in [5.41, 5.74) is 4.05. The lowest BCUT2D eigenvalue weighted by atomic mass is 9.96. The summed E-state index contributed by atoms with van der Waals surface area (Å²) in [5.74, 6) is 0.394. The van der Waals surface area contributed by atoms with Crippen molar-refractivity contribution in [1.29, 1.82) is 0 Å². The number of nitrogens with one attached hydrogen (secondary N) is 1. The third-order valence-corrected chi connectivity index (χ3v) is 4.42. The highest BCUT2D eigenvalue weighted by molar-refractivity contribution is 5.78. The Labute approximate surface area is 141 Å². The molecule has 4 heteroatoms. The van der Waals surface area contributed by atoms with Crippen LogP contribution in [0.2, 0.25) is 0 Å². The number of hydrogen-bond donors (Lipinski definition) is 1. The van der Waals surface area contributed by atoms with Crippen molar-refractivity contribution in [1.82, 2.24) is 5.32 Å². The van der Waals surface area contributed by atoms with Gasteiger partial charge in [-0.15, -0.1) is 0 Å². The van der Waals surface area contributed by atoms with Gasteiger partial charge >= 0.3 is 0 Å². The first-order chi connectivity index (χ1) is 11.6. The lowest BCUT2D eigenvalue weighted by molar-refractivity contribution is -0.119. The molecule has 2 aromatic carbocycles. The quantitative estimate of drug-likeness (QED) is 0.874. The molecule has 0 heterocycles. The van der Waals surface area contributed by atoms with Crippen molar-refractivity contribution in [2.75, 3.05) is 7.05 Å². The minimum absolute atomic E-state index is 0.0364. The van der Waals surface area contributed by atoms with Gasteiger partial charge in [0.1, 0.15) is 6.61 Å². The fourth-order valence-corrected chi connectivity index (χ4v) is 2.91. The first kappa shape index (κ1) is 16.5. The Balaban J connectivity index is 1.85. The summed E-state index contributed by atoms with van der Waals surface area (Å²) in [6, 6.07) is 11.0. The monoisotopic (exact) mass is 327 g/mol. The van der Waals surface area contributed by atoms with Crippen LogP contribution in [0.1, 0.15) is 41.0 Å². The van der Waals surface area contributed by atoms with E-state index < -0.39 is 0 Å². The molecule has 0 saturated heterocycles. The SMILES string of the molecule is CNC(=O)Cc1cccc(C2CC2)c1COc1ccc(C)cc1F. The minimum Gasteiger partial charge on any atom is -0.486 e. The molecule has 0 unspecified atom stereocenters. The van der Waals surface area contributed by atoms with Crippen LogP contribution in [0.25, 0.3) is 0 Å². The number of hydrogen-bond acceptors (Lipinski definition) is 2. The second-order valence-electron chi connectivity index (χ2n) is 6.33. The number of rotatable bonds is 6. The van der Waals surface area contributed by atoms with E-state index in [0.717, 1.165) is 29.5 Å². The first-order valence-corrected chi connectivity index (χ1v) is 8.28. The lowest BCUT2D eigenvalue weighted by Gasteiger charge is -2.16. The summed E-state index contributed by atoms with van der Waals surface area (Å²) >= 11 is 0. The van der Waals surface area contributed by atoms with E-state index in [1.807, 2.05) is 25.1 Å². The number of halogens is 1. The van der Waals surface area contributed by atoms with Crippen LogP contribution in [0.15, 0.2) is 36.4 Å². The average Bonchev–Trinajstić information content (AvgIpc) is 3.39. The molecule has 1 saturated carbocycles. The number of aryl methyl sites for hydroxylation is 1. The van der Waals surface area contributed by atoms with Gasteiger partial charge in [0.2, 0.25) is 5.91 Å². The van der Waals surface area contributed by atoms with Gasteiger partial charge in [0.05, 0.1) is 6.42 Å². The van der Waals surface area contributed by atoms with Crippen LogP contribution in [0, 0.1) is 12.7 Å². The Bertz CT molecular complexity index is 753. The number of carbonyl (C=O) groups is 1. The van der Waals surface area contributed by atoms with E-state index in [1.165, 1.54) is 11.6 Å². The average molecular weight is 327 g/mol. The van der Waals surface area contributed by atoms with E-state index in [0.29, 0.717) is 12.3 Å². The fraction of sp³-hybridized carbons (Fsp3) is 0.350. The maximum atomic E-state index is 14.0. The van der Waals surface area contributed by atoms with Crippen molar-refractivity contribution in [2.24, 2.45) is 0 Å². The molecule has 3 nitrogen and oxygen atoms in total. The summed E-state index contributed by atoms with van der Waals surface area (Å²) in [6.45, 7) is 2.12. The third-order valence-electron chi connectivity index (χ3n) is 4.42. The zero-order valence-corrected chi connectivity index (χ0v) is 14.1. The summed E-state index contributed by atoms with van der Waals surface area (Å²) in [4.78, 5) is 11.8. The Morgan fingerprint density at radius 1 is 1.29 bits per heavy atom. The second-order valence-corrected chi connectivity index (χ2v) is 6.33. The van der Waals surface area contributed by atoms with Gasteiger partial charge in [-0.1, -0.05) is 24.3 Å². The number of amides is 1. The van der Waals surface area contributed by atoms with Crippen molar-refractivity contribution in [3.63, 3.8) is 0 Å². The summed E-state index contributed by atoms with van der Waals surface area (Å²) in [5, 5.41) is 2.65. The molecule has 1 fully saturated rings. The van der Waals surface area contributed by atoms with Gasteiger partial charge in [-0.25, -0.2) is 4.39 Å². The molecular formula is C20H22FNO2. The normalized spacial score (nSPS) is 13.6. The third kappa shape index (κ3) is 3.75. The van der Waals surface area contributed by atoms with E-state index in [-0.39, 0.29) is 24.1 Å². The Hall–Kier alpha value is -2.36. The number of benzene rings is 2. The lowest BCUT2D eigenvalue weighted by Crippen LogP contribution is -2.21. The standard InChI is InChI=1S/C20H22FNO2/c1-13-6-9-19(18(21)10-13)24-12-17-15(11-20(23)22-2)4-3-5-16(17)14-7-8-14/h3-6,9-10,14H,7-8,11-12H2,1-2H3,(H,22,23). The Kier molecular flexibility index (Phi) is 4.84. The number of likely N-dealkylation sites (N-methyl/N-ethyl adjacent to an activating group) is 1. The van der Waals surface area contributed by atoms with E-state index in [4.69, 9.17) is 4.74 Å². The molecule has 3 rings (SSSR count). The van der Waals surface area contributed by atoms with Gasteiger partial charge in [-0.3, -0.25) is 4.79 Å². The zero-order chi connectivity index (χ0) is 17.1. The Morgan fingerprint density at radius 2 is 2.08 bits per heavy atom. The van der Waals surface area contributed by atoms with Crippen LogP contribution in [0.3, 0.4) is 0 Å². The van der Waals surface area contributed by atoms with E-state index >= 15 is 0 Å². The molecule has 0 radical (unpaired) electrons. The largest absolute Gasteiger partial charge is 0.486 e. The smallest absolute Gasteiger partial charge is 0.224 e. The highest BCUT2D eigenvalue weighted by Crippen LogP contribution is 2.42. The molecule has 0 aliphatic heterocycles. The molecule has 2 aromatic rings. The molecule has 0 aromatic heterocycles. The highest BCUT2D eigenvalue weighted by atomic mass is 19.1. The van der Waals surface area contributed by atoms with Crippen molar-refractivity contribution < 1.29 is 13.9 Å². The molecule has 1 aliphatic rings. The second kappa shape index (κ2) is 7.04. The molecule has 0 bridgehead atoms. The van der Waals surface area contributed by atoms with Gasteiger partial charge in [0.15, 0.2) is 11.6 Å². The van der Waals surface area contributed by atoms with Crippen molar-refractivity contribution in [3.8, 4) is 5.75 Å². The van der Waals surface area contributed by atoms with Gasteiger partial charge in [-0.2, -0.15) is 0 Å². The van der Waals surface area contributed by atoms with E-state index in [2.05, 4.69) is 11.4 Å². The van der Waals surface area contributed by atoms with Crippen LogP contribution in [0.5, 0.6) is 5.75 Å². The topological polar surface area (TPSA) is 38.3 Å². The van der Waals surface area contributed by atoms with Crippen LogP contribution in [0.4, 0.5) is 4.39 Å². The van der Waals surface area contributed by atoms with Crippen molar-refractivity contribution >= 4 is 5.91 Å².